The van der Waals surface area contributed by atoms with Gasteiger partial charge in [0.15, 0.2) is 0 Å². The van der Waals surface area contributed by atoms with Crippen molar-refractivity contribution in [3.63, 3.8) is 0 Å². The van der Waals surface area contributed by atoms with Crippen molar-refractivity contribution in [2.24, 2.45) is 0 Å². The van der Waals surface area contributed by atoms with Crippen LogP contribution in [-0.4, -0.2) is 48.0 Å². The zero-order valence-electron chi connectivity index (χ0n) is 11.5. The molecule has 1 unspecified atom stereocenters. The van der Waals surface area contributed by atoms with Crippen LogP contribution in [0.1, 0.15) is 26.0 Å². The molecule has 1 N–H and O–H groups in total. The molecule has 1 atom stereocenters. The predicted octanol–water partition coefficient (Wildman–Crippen LogP) is 0.417. The van der Waals surface area contributed by atoms with Gasteiger partial charge >= 0.3 is 0 Å². The Balaban J connectivity index is 1.96. The smallest absolute Gasteiger partial charge is 0.215 e. The number of aromatic nitrogens is 2. The van der Waals surface area contributed by atoms with Crippen LogP contribution in [0.4, 0.5) is 0 Å². The van der Waals surface area contributed by atoms with Crippen molar-refractivity contribution in [1.29, 1.82) is 0 Å². The number of likely N-dealkylation sites (tertiary alicyclic amines) is 1. The van der Waals surface area contributed by atoms with Gasteiger partial charge in [-0.25, -0.2) is 13.1 Å². The monoisotopic (exact) mass is 286 g/mol. The molecule has 6 nitrogen and oxygen atoms in total. The molecule has 1 aliphatic heterocycles. The van der Waals surface area contributed by atoms with Gasteiger partial charge in [0.25, 0.3) is 0 Å². The highest BCUT2D eigenvalue weighted by molar-refractivity contribution is 7.90. The number of nitrogens with zero attached hydrogens (tertiary/aromatic N) is 3. The van der Waals surface area contributed by atoms with Gasteiger partial charge < -0.3 is 0 Å². The van der Waals surface area contributed by atoms with Crippen molar-refractivity contribution in [2.45, 2.75) is 38.6 Å². The van der Waals surface area contributed by atoms with Crippen LogP contribution in [0.3, 0.4) is 0 Å². The lowest BCUT2D eigenvalue weighted by Gasteiger charge is -2.16. The molecule has 0 aliphatic carbocycles. The third-order valence-corrected chi connectivity index (χ3v) is 5.46. The molecule has 1 fully saturated rings. The van der Waals surface area contributed by atoms with Crippen molar-refractivity contribution in [3.8, 4) is 0 Å². The van der Waals surface area contributed by atoms with Crippen LogP contribution < -0.4 is 4.72 Å². The lowest BCUT2D eigenvalue weighted by molar-refractivity contribution is 0.318. The van der Waals surface area contributed by atoms with Gasteiger partial charge in [0.2, 0.25) is 10.0 Å². The third-order valence-electron chi connectivity index (χ3n) is 3.50. The maximum atomic E-state index is 11.9. The molecular weight excluding hydrogens is 264 g/mol. The van der Waals surface area contributed by atoms with E-state index in [0.717, 1.165) is 25.3 Å². The molecule has 0 aromatic carbocycles. The van der Waals surface area contributed by atoms with Gasteiger partial charge in [0, 0.05) is 32.4 Å². The average Bonchev–Trinajstić information content (AvgIpc) is 2.98. The van der Waals surface area contributed by atoms with Crippen LogP contribution in [-0.2, 0) is 23.1 Å². The predicted molar refractivity (Wildman–Crippen MR) is 74.2 cm³/mol. The molecule has 0 amide bonds. The summed E-state index contributed by atoms with van der Waals surface area (Å²) in [6, 6.07) is 2.00. The fourth-order valence-corrected chi connectivity index (χ4v) is 3.98. The average molecular weight is 286 g/mol. The Morgan fingerprint density at radius 1 is 1.47 bits per heavy atom. The Morgan fingerprint density at radius 3 is 2.95 bits per heavy atom. The molecular formula is C12H22N4O2S. The van der Waals surface area contributed by atoms with E-state index < -0.39 is 10.0 Å². The SMILES string of the molecule is CCNS(=O)(=O)C1CCN(Cc2ccnn2CC)C1. The van der Waals surface area contributed by atoms with Gasteiger partial charge in [-0.2, -0.15) is 5.10 Å². The first-order chi connectivity index (χ1) is 9.06. The molecule has 1 saturated heterocycles. The van der Waals surface area contributed by atoms with Gasteiger partial charge in [-0.05, 0) is 26.0 Å². The maximum absolute atomic E-state index is 11.9. The summed E-state index contributed by atoms with van der Waals surface area (Å²) < 4.78 is 28.4. The van der Waals surface area contributed by atoms with Crippen LogP contribution in [0.5, 0.6) is 0 Å². The van der Waals surface area contributed by atoms with Gasteiger partial charge in [0.1, 0.15) is 0 Å². The molecule has 0 radical (unpaired) electrons. The maximum Gasteiger partial charge on any atom is 0.215 e. The second kappa shape index (κ2) is 6.02. The molecule has 108 valence electrons. The first kappa shape index (κ1) is 14.5. The van der Waals surface area contributed by atoms with E-state index in [1.54, 1.807) is 6.20 Å². The van der Waals surface area contributed by atoms with Crippen LogP contribution in [0.15, 0.2) is 12.3 Å². The van der Waals surface area contributed by atoms with E-state index >= 15 is 0 Å². The fraction of sp³-hybridized carbons (Fsp3) is 0.750. The Bertz CT molecular complexity index is 512. The van der Waals surface area contributed by atoms with Crippen molar-refractivity contribution in [3.05, 3.63) is 18.0 Å². The highest BCUT2D eigenvalue weighted by atomic mass is 32.2. The van der Waals surface area contributed by atoms with Crippen LogP contribution >= 0.6 is 0 Å². The summed E-state index contributed by atoms with van der Waals surface area (Å²) in [5, 5.41) is 3.95. The Labute approximate surface area is 114 Å². The molecule has 0 spiro atoms. The molecule has 2 rings (SSSR count). The number of hydrogen-bond donors (Lipinski definition) is 1. The first-order valence-corrected chi connectivity index (χ1v) is 8.33. The highest BCUT2D eigenvalue weighted by Crippen LogP contribution is 2.18. The van der Waals surface area contributed by atoms with Crippen LogP contribution in [0.25, 0.3) is 0 Å². The second-order valence-corrected chi connectivity index (χ2v) is 6.87. The molecule has 0 bridgehead atoms. The minimum atomic E-state index is -3.15. The first-order valence-electron chi connectivity index (χ1n) is 6.78. The summed E-state index contributed by atoms with van der Waals surface area (Å²) in [6.07, 6.45) is 2.50. The van der Waals surface area contributed by atoms with Crippen molar-refractivity contribution >= 4 is 10.0 Å². The lowest BCUT2D eigenvalue weighted by Crippen LogP contribution is -2.36. The standard InChI is InChI=1S/C12H22N4O2S/c1-3-14-19(17,18)12-6-8-15(10-12)9-11-5-7-13-16(11)4-2/h5,7,12,14H,3-4,6,8-10H2,1-2H3. The quantitative estimate of drug-likeness (QED) is 0.823. The highest BCUT2D eigenvalue weighted by Gasteiger charge is 2.32. The summed E-state index contributed by atoms with van der Waals surface area (Å²) in [5.41, 5.74) is 1.14. The van der Waals surface area contributed by atoms with Crippen LogP contribution in [0.2, 0.25) is 0 Å². The summed E-state index contributed by atoms with van der Waals surface area (Å²) in [4.78, 5) is 2.18. The molecule has 7 heteroatoms. The van der Waals surface area contributed by atoms with Crippen molar-refractivity contribution in [1.82, 2.24) is 19.4 Å². The molecule has 1 aliphatic rings. The number of rotatable bonds is 6. The van der Waals surface area contributed by atoms with E-state index in [1.165, 1.54) is 0 Å². The van der Waals surface area contributed by atoms with Gasteiger partial charge in [-0.1, -0.05) is 6.92 Å². The van der Waals surface area contributed by atoms with Crippen molar-refractivity contribution < 1.29 is 8.42 Å². The van der Waals surface area contributed by atoms with E-state index in [9.17, 15) is 8.42 Å². The number of hydrogen-bond acceptors (Lipinski definition) is 4. The Morgan fingerprint density at radius 2 is 2.26 bits per heavy atom. The second-order valence-electron chi connectivity index (χ2n) is 4.83. The number of nitrogens with one attached hydrogen (secondary N) is 1. The topological polar surface area (TPSA) is 67.2 Å². The minimum Gasteiger partial charge on any atom is -0.296 e. The van der Waals surface area contributed by atoms with E-state index in [-0.39, 0.29) is 5.25 Å². The van der Waals surface area contributed by atoms with Gasteiger partial charge in [-0.3, -0.25) is 9.58 Å². The third kappa shape index (κ3) is 3.34. The molecule has 2 heterocycles. The number of aryl methyl sites for hydroxylation is 1. The lowest BCUT2D eigenvalue weighted by atomic mass is 10.4. The molecule has 19 heavy (non-hydrogen) atoms. The molecule has 0 saturated carbocycles. The summed E-state index contributed by atoms with van der Waals surface area (Å²) in [7, 11) is -3.15. The normalized spacial score (nSPS) is 21.1. The summed E-state index contributed by atoms with van der Waals surface area (Å²) in [5.74, 6) is 0. The van der Waals surface area contributed by atoms with E-state index in [2.05, 4.69) is 21.6 Å². The Hall–Kier alpha value is -0.920. The number of sulfonamides is 1. The largest absolute Gasteiger partial charge is 0.296 e. The summed E-state index contributed by atoms with van der Waals surface area (Å²) >= 11 is 0. The van der Waals surface area contributed by atoms with Gasteiger partial charge in [-0.15, -0.1) is 0 Å². The fourth-order valence-electron chi connectivity index (χ4n) is 2.52. The van der Waals surface area contributed by atoms with E-state index in [0.29, 0.717) is 19.5 Å². The molecule has 1 aromatic rings. The van der Waals surface area contributed by atoms with E-state index in [4.69, 9.17) is 0 Å². The minimum absolute atomic E-state index is 0.287. The van der Waals surface area contributed by atoms with Crippen molar-refractivity contribution in [2.75, 3.05) is 19.6 Å². The zero-order valence-corrected chi connectivity index (χ0v) is 12.4. The molecule has 1 aromatic heterocycles. The van der Waals surface area contributed by atoms with Gasteiger partial charge in [0.05, 0.1) is 10.9 Å². The zero-order chi connectivity index (χ0) is 13.9. The van der Waals surface area contributed by atoms with Crippen LogP contribution in [0, 0.1) is 0 Å². The Kier molecular flexibility index (Phi) is 4.59. The summed E-state index contributed by atoms with van der Waals surface area (Å²) in [6.45, 7) is 7.36. The van der Waals surface area contributed by atoms with E-state index in [1.807, 2.05) is 17.7 Å².